The molecular weight excluding hydrogens is 274 g/mol. The Balaban J connectivity index is 2.64. The number of esters is 1. The Bertz CT molecular complexity index is 440. The predicted octanol–water partition coefficient (Wildman–Crippen LogP) is 2.73. The van der Waals surface area contributed by atoms with Crippen molar-refractivity contribution in [3.05, 3.63) is 22.4 Å². The molecule has 0 unspecified atom stereocenters. The van der Waals surface area contributed by atoms with Gasteiger partial charge in [0.15, 0.2) is 5.78 Å². The summed E-state index contributed by atoms with van der Waals surface area (Å²) in [5.74, 6) is -0.550. The van der Waals surface area contributed by atoms with E-state index >= 15 is 0 Å². The smallest absolute Gasteiger partial charge is 0.319 e. The van der Waals surface area contributed by atoms with Crippen molar-refractivity contribution in [2.24, 2.45) is 5.41 Å². The number of carbonyl (C=O) groups excluding carboxylic acids is 2. The molecule has 0 fully saturated rings. The molecule has 1 heterocycles. The highest BCUT2D eigenvalue weighted by Gasteiger charge is 2.37. The van der Waals surface area contributed by atoms with Crippen LogP contribution in [0, 0.1) is 5.41 Å². The molecule has 0 saturated heterocycles. The van der Waals surface area contributed by atoms with E-state index in [1.807, 2.05) is 29.3 Å². The molecule has 0 spiro atoms. The van der Waals surface area contributed by atoms with Gasteiger partial charge in [0.05, 0.1) is 13.2 Å². The summed E-state index contributed by atoms with van der Waals surface area (Å²) in [4.78, 5) is 27.4. The van der Waals surface area contributed by atoms with Gasteiger partial charge in [-0.15, -0.1) is 11.3 Å². The van der Waals surface area contributed by atoms with E-state index in [1.165, 1.54) is 4.88 Å². The molecule has 0 N–H and O–H groups in total. The molecule has 1 aromatic heterocycles. The molecule has 5 heteroatoms. The van der Waals surface area contributed by atoms with Crippen LogP contribution in [0.15, 0.2) is 17.5 Å². The highest BCUT2D eigenvalue weighted by Crippen LogP contribution is 2.20. The van der Waals surface area contributed by atoms with Gasteiger partial charge in [-0.3, -0.25) is 14.5 Å². The van der Waals surface area contributed by atoms with E-state index in [-0.39, 0.29) is 12.3 Å². The molecule has 0 radical (unpaired) electrons. The van der Waals surface area contributed by atoms with Crippen LogP contribution in [-0.2, 0) is 20.9 Å². The lowest BCUT2D eigenvalue weighted by Crippen LogP contribution is -2.42. The van der Waals surface area contributed by atoms with Crippen LogP contribution in [0.1, 0.15) is 32.6 Å². The van der Waals surface area contributed by atoms with Crippen LogP contribution < -0.4 is 0 Å². The molecule has 1 aromatic rings. The van der Waals surface area contributed by atoms with Gasteiger partial charge in [0.2, 0.25) is 0 Å². The molecule has 0 amide bonds. The van der Waals surface area contributed by atoms with E-state index in [0.29, 0.717) is 6.61 Å². The molecule has 20 heavy (non-hydrogen) atoms. The van der Waals surface area contributed by atoms with Crippen LogP contribution in [0.5, 0.6) is 0 Å². The zero-order valence-electron chi connectivity index (χ0n) is 12.6. The topological polar surface area (TPSA) is 46.6 Å². The van der Waals surface area contributed by atoms with Crippen molar-refractivity contribution >= 4 is 23.1 Å². The predicted molar refractivity (Wildman–Crippen MR) is 80.7 cm³/mol. The Kier molecular flexibility index (Phi) is 6.36. The Morgan fingerprint density at radius 1 is 1.35 bits per heavy atom. The number of ether oxygens (including phenoxy) is 1. The molecule has 0 aromatic carbocycles. The average molecular weight is 297 g/mol. The summed E-state index contributed by atoms with van der Waals surface area (Å²) in [7, 11) is 0. The molecule has 0 bridgehead atoms. The SMILES string of the molecule is CCOC(=O)C(C)(C)C(=O)CN(CC)Cc1cccs1. The van der Waals surface area contributed by atoms with Crippen molar-refractivity contribution < 1.29 is 14.3 Å². The molecule has 4 nitrogen and oxygen atoms in total. The number of Topliss-reactive ketones (excluding diaryl/α,β-unsaturated/α-hetero) is 1. The van der Waals surface area contributed by atoms with E-state index in [1.54, 1.807) is 32.1 Å². The highest BCUT2D eigenvalue weighted by atomic mass is 32.1. The first kappa shape index (κ1) is 16.9. The Labute approximate surface area is 124 Å². The molecule has 0 aliphatic heterocycles. The van der Waals surface area contributed by atoms with Crippen molar-refractivity contribution in [2.75, 3.05) is 19.7 Å². The quantitative estimate of drug-likeness (QED) is 0.547. The number of hydrogen-bond donors (Lipinski definition) is 0. The van der Waals surface area contributed by atoms with E-state index < -0.39 is 11.4 Å². The second-order valence-corrected chi connectivity index (χ2v) is 6.18. The number of carbonyl (C=O) groups is 2. The largest absolute Gasteiger partial charge is 0.465 e. The third kappa shape index (κ3) is 4.42. The molecular formula is C15H23NO3S. The van der Waals surface area contributed by atoms with Gasteiger partial charge in [-0.1, -0.05) is 13.0 Å². The summed E-state index contributed by atoms with van der Waals surface area (Å²) in [6.45, 7) is 9.08. The Morgan fingerprint density at radius 3 is 2.55 bits per heavy atom. The van der Waals surface area contributed by atoms with E-state index in [0.717, 1.165) is 13.1 Å². The van der Waals surface area contributed by atoms with Crippen LogP contribution in [0.4, 0.5) is 0 Å². The van der Waals surface area contributed by atoms with Gasteiger partial charge in [0.1, 0.15) is 5.41 Å². The summed E-state index contributed by atoms with van der Waals surface area (Å²) in [5.41, 5.74) is -1.08. The van der Waals surface area contributed by atoms with Crippen molar-refractivity contribution in [3.63, 3.8) is 0 Å². The second-order valence-electron chi connectivity index (χ2n) is 5.15. The van der Waals surface area contributed by atoms with Gasteiger partial charge >= 0.3 is 5.97 Å². The van der Waals surface area contributed by atoms with Gasteiger partial charge in [-0.2, -0.15) is 0 Å². The summed E-state index contributed by atoms with van der Waals surface area (Å²) >= 11 is 1.67. The number of ketones is 1. The number of rotatable bonds is 8. The second kappa shape index (κ2) is 7.55. The Hall–Kier alpha value is -1.20. The van der Waals surface area contributed by atoms with Crippen LogP contribution in [-0.4, -0.2) is 36.3 Å². The molecule has 0 atom stereocenters. The van der Waals surface area contributed by atoms with E-state index in [2.05, 4.69) is 0 Å². The maximum Gasteiger partial charge on any atom is 0.319 e. The fourth-order valence-electron chi connectivity index (χ4n) is 1.73. The molecule has 112 valence electrons. The summed E-state index contributed by atoms with van der Waals surface area (Å²) in [5, 5.41) is 2.02. The van der Waals surface area contributed by atoms with E-state index in [9.17, 15) is 9.59 Å². The maximum absolute atomic E-state index is 12.3. The standard InChI is InChI=1S/C15H23NO3S/c1-5-16(10-12-8-7-9-20-12)11-13(17)15(3,4)14(18)19-6-2/h7-9H,5-6,10-11H2,1-4H3. The molecule has 0 saturated carbocycles. The average Bonchev–Trinajstić information content (AvgIpc) is 2.90. The number of nitrogens with zero attached hydrogens (tertiary/aromatic N) is 1. The van der Waals surface area contributed by atoms with Gasteiger partial charge in [-0.25, -0.2) is 0 Å². The lowest BCUT2D eigenvalue weighted by Gasteiger charge is -2.25. The fraction of sp³-hybridized carbons (Fsp3) is 0.600. The van der Waals surface area contributed by atoms with Gasteiger partial charge in [0.25, 0.3) is 0 Å². The first-order valence-corrected chi connectivity index (χ1v) is 7.75. The Morgan fingerprint density at radius 2 is 2.05 bits per heavy atom. The van der Waals surface area contributed by atoms with Crippen LogP contribution in [0.25, 0.3) is 0 Å². The van der Waals surface area contributed by atoms with Gasteiger partial charge < -0.3 is 4.74 Å². The summed E-state index contributed by atoms with van der Waals surface area (Å²) < 4.78 is 4.97. The van der Waals surface area contributed by atoms with Crippen molar-refractivity contribution in [1.29, 1.82) is 0 Å². The lowest BCUT2D eigenvalue weighted by atomic mass is 9.88. The monoisotopic (exact) mass is 297 g/mol. The normalized spacial score (nSPS) is 11.7. The van der Waals surface area contributed by atoms with Crippen LogP contribution in [0.3, 0.4) is 0 Å². The van der Waals surface area contributed by atoms with E-state index in [4.69, 9.17) is 4.74 Å². The number of thiophene rings is 1. The molecule has 0 aliphatic carbocycles. The van der Waals surface area contributed by atoms with Crippen LogP contribution >= 0.6 is 11.3 Å². The minimum absolute atomic E-state index is 0.102. The highest BCUT2D eigenvalue weighted by molar-refractivity contribution is 7.09. The minimum Gasteiger partial charge on any atom is -0.465 e. The number of likely N-dealkylation sites (N-methyl/N-ethyl adjacent to an activating group) is 1. The zero-order chi connectivity index (χ0) is 15.2. The maximum atomic E-state index is 12.3. The van der Waals surface area contributed by atoms with Gasteiger partial charge in [0, 0.05) is 11.4 Å². The third-order valence-corrected chi connectivity index (χ3v) is 4.12. The zero-order valence-corrected chi connectivity index (χ0v) is 13.5. The lowest BCUT2D eigenvalue weighted by molar-refractivity contribution is -0.158. The summed E-state index contributed by atoms with van der Waals surface area (Å²) in [6, 6.07) is 4.05. The minimum atomic E-state index is -1.08. The molecule has 1 rings (SSSR count). The van der Waals surface area contributed by atoms with Crippen molar-refractivity contribution in [1.82, 2.24) is 4.90 Å². The number of hydrogen-bond acceptors (Lipinski definition) is 5. The fourth-order valence-corrected chi connectivity index (χ4v) is 2.47. The van der Waals surface area contributed by atoms with Crippen molar-refractivity contribution in [3.8, 4) is 0 Å². The first-order chi connectivity index (χ1) is 9.41. The third-order valence-electron chi connectivity index (χ3n) is 3.26. The first-order valence-electron chi connectivity index (χ1n) is 6.87. The van der Waals surface area contributed by atoms with Crippen molar-refractivity contribution in [2.45, 2.75) is 34.2 Å². The molecule has 0 aliphatic rings. The van der Waals surface area contributed by atoms with Gasteiger partial charge in [-0.05, 0) is 38.8 Å². The summed E-state index contributed by atoms with van der Waals surface area (Å²) in [6.07, 6.45) is 0. The van der Waals surface area contributed by atoms with Crippen LogP contribution in [0.2, 0.25) is 0 Å².